The molecule has 6 heteroatoms. The molecule has 18 heavy (non-hydrogen) atoms. The average Bonchev–Trinajstić information content (AvgIpc) is 2.38. The van der Waals surface area contributed by atoms with Crippen LogP contribution < -0.4 is 11.1 Å². The first kappa shape index (κ1) is 14.9. The minimum absolute atomic E-state index is 0.158. The van der Waals surface area contributed by atoms with Gasteiger partial charge in [-0.05, 0) is 26.7 Å². The number of nitrogens with one attached hydrogen (secondary N) is 1. The Hall–Kier alpha value is -1.14. The van der Waals surface area contributed by atoms with Crippen LogP contribution in [0.1, 0.15) is 26.7 Å². The maximum atomic E-state index is 12.2. The van der Waals surface area contributed by atoms with E-state index in [2.05, 4.69) is 5.32 Å². The summed E-state index contributed by atoms with van der Waals surface area (Å²) in [7, 11) is 0. The number of hydrogen-bond acceptors (Lipinski definition) is 4. The molecule has 104 valence electrons. The molecule has 1 heterocycles. The van der Waals surface area contributed by atoms with Crippen LogP contribution in [0.5, 0.6) is 0 Å². The molecular weight excluding hydrogens is 236 g/mol. The third-order valence-corrected chi connectivity index (χ3v) is 3.82. The van der Waals surface area contributed by atoms with Gasteiger partial charge < -0.3 is 20.9 Å². The molecule has 2 unspecified atom stereocenters. The highest BCUT2D eigenvalue weighted by Gasteiger charge is 2.39. The number of carboxylic acid groups (broad SMARTS) is 1. The fourth-order valence-electron chi connectivity index (χ4n) is 1.98. The number of carbonyl (C=O) groups is 2. The molecule has 1 aliphatic heterocycles. The van der Waals surface area contributed by atoms with Gasteiger partial charge in [0, 0.05) is 25.8 Å². The van der Waals surface area contributed by atoms with Crippen molar-refractivity contribution in [3.63, 3.8) is 0 Å². The number of amides is 1. The summed E-state index contributed by atoms with van der Waals surface area (Å²) in [6.07, 6.45) is 1.17. The van der Waals surface area contributed by atoms with Gasteiger partial charge in [0.1, 0.15) is 0 Å². The van der Waals surface area contributed by atoms with Crippen molar-refractivity contribution < 1.29 is 19.4 Å². The Morgan fingerprint density at radius 3 is 2.39 bits per heavy atom. The smallest absolute Gasteiger partial charge is 0.308 e. The monoisotopic (exact) mass is 258 g/mol. The first-order valence-corrected chi connectivity index (χ1v) is 6.24. The predicted octanol–water partition coefficient (Wildman–Crippen LogP) is -0.0327. The van der Waals surface area contributed by atoms with E-state index in [1.54, 1.807) is 13.8 Å². The fraction of sp³-hybridized carbons (Fsp3) is 0.833. The van der Waals surface area contributed by atoms with Crippen LogP contribution >= 0.6 is 0 Å². The minimum Gasteiger partial charge on any atom is -0.481 e. The Labute approximate surface area is 107 Å². The Bertz CT molecular complexity index is 313. The van der Waals surface area contributed by atoms with Crippen LogP contribution in [0.4, 0.5) is 0 Å². The third kappa shape index (κ3) is 3.20. The summed E-state index contributed by atoms with van der Waals surface area (Å²) < 4.78 is 5.24. The lowest BCUT2D eigenvalue weighted by Gasteiger charge is -2.35. The van der Waals surface area contributed by atoms with Crippen molar-refractivity contribution in [2.24, 2.45) is 17.1 Å². The van der Waals surface area contributed by atoms with Crippen LogP contribution in [0, 0.1) is 11.3 Å². The first-order valence-electron chi connectivity index (χ1n) is 6.24. The molecule has 1 amide bonds. The summed E-state index contributed by atoms with van der Waals surface area (Å²) >= 11 is 0. The van der Waals surface area contributed by atoms with E-state index in [1.165, 1.54) is 0 Å². The van der Waals surface area contributed by atoms with Gasteiger partial charge >= 0.3 is 5.97 Å². The highest BCUT2D eigenvalue weighted by Crippen LogP contribution is 2.29. The SMILES string of the molecule is CC(NC(=O)C1(CN)CCOCC1)C(C)C(=O)O. The predicted molar refractivity (Wildman–Crippen MR) is 65.9 cm³/mol. The summed E-state index contributed by atoms with van der Waals surface area (Å²) in [5, 5.41) is 11.7. The number of hydrogen-bond donors (Lipinski definition) is 3. The molecule has 0 aromatic carbocycles. The number of rotatable bonds is 5. The normalized spacial score (nSPS) is 21.9. The standard InChI is InChI=1S/C12H22N2O4/c1-8(10(15)16)9(2)14-11(17)12(7-13)3-5-18-6-4-12/h8-9H,3-7,13H2,1-2H3,(H,14,17)(H,15,16). The molecule has 1 fully saturated rings. The highest BCUT2D eigenvalue weighted by atomic mass is 16.5. The second kappa shape index (κ2) is 6.15. The second-order valence-electron chi connectivity index (χ2n) is 4.99. The average molecular weight is 258 g/mol. The second-order valence-corrected chi connectivity index (χ2v) is 4.99. The van der Waals surface area contributed by atoms with Crippen molar-refractivity contribution in [2.45, 2.75) is 32.7 Å². The van der Waals surface area contributed by atoms with Crippen molar-refractivity contribution in [3.05, 3.63) is 0 Å². The molecule has 1 rings (SSSR count). The van der Waals surface area contributed by atoms with Gasteiger partial charge in [0.15, 0.2) is 0 Å². The molecule has 6 nitrogen and oxygen atoms in total. The molecule has 0 aromatic heterocycles. The highest BCUT2D eigenvalue weighted by molar-refractivity contribution is 5.84. The van der Waals surface area contributed by atoms with Gasteiger partial charge in [0.2, 0.25) is 5.91 Å². The molecule has 0 aliphatic carbocycles. The van der Waals surface area contributed by atoms with E-state index >= 15 is 0 Å². The van der Waals surface area contributed by atoms with Crippen LogP contribution in [0.25, 0.3) is 0 Å². The molecular formula is C12H22N2O4. The molecule has 0 saturated carbocycles. The van der Waals surface area contributed by atoms with Gasteiger partial charge in [0.05, 0.1) is 11.3 Å². The summed E-state index contributed by atoms with van der Waals surface area (Å²) in [4.78, 5) is 23.1. The lowest BCUT2D eigenvalue weighted by Crippen LogP contribution is -2.53. The lowest BCUT2D eigenvalue weighted by molar-refractivity contribution is -0.143. The largest absolute Gasteiger partial charge is 0.481 e. The number of carboxylic acids is 1. The molecule has 0 aromatic rings. The van der Waals surface area contributed by atoms with Gasteiger partial charge in [-0.25, -0.2) is 0 Å². The molecule has 2 atom stereocenters. The minimum atomic E-state index is -0.920. The van der Waals surface area contributed by atoms with Crippen LogP contribution in [0.2, 0.25) is 0 Å². The van der Waals surface area contributed by atoms with E-state index in [4.69, 9.17) is 15.6 Å². The molecule has 0 bridgehead atoms. The van der Waals surface area contributed by atoms with E-state index in [-0.39, 0.29) is 12.5 Å². The number of aliphatic carboxylic acids is 1. The van der Waals surface area contributed by atoms with Crippen LogP contribution in [-0.4, -0.2) is 42.8 Å². The first-order chi connectivity index (χ1) is 8.43. The molecule has 0 spiro atoms. The summed E-state index contributed by atoms with van der Waals surface area (Å²) in [5.74, 6) is -1.70. The van der Waals surface area contributed by atoms with Crippen LogP contribution in [0.3, 0.4) is 0 Å². The zero-order chi connectivity index (χ0) is 13.8. The van der Waals surface area contributed by atoms with Gasteiger partial charge in [-0.1, -0.05) is 0 Å². The molecule has 4 N–H and O–H groups in total. The summed E-state index contributed by atoms with van der Waals surface area (Å²) in [6, 6.07) is -0.415. The van der Waals surface area contributed by atoms with Crippen LogP contribution in [0.15, 0.2) is 0 Å². The van der Waals surface area contributed by atoms with E-state index in [1.807, 2.05) is 0 Å². The number of carbonyl (C=O) groups excluding carboxylic acids is 1. The van der Waals surface area contributed by atoms with E-state index < -0.39 is 23.3 Å². The van der Waals surface area contributed by atoms with Crippen molar-refractivity contribution in [2.75, 3.05) is 19.8 Å². The van der Waals surface area contributed by atoms with E-state index in [0.29, 0.717) is 26.1 Å². The maximum absolute atomic E-state index is 12.2. The van der Waals surface area contributed by atoms with Crippen molar-refractivity contribution in [3.8, 4) is 0 Å². The Morgan fingerprint density at radius 1 is 1.39 bits per heavy atom. The lowest BCUT2D eigenvalue weighted by atomic mass is 9.79. The topological polar surface area (TPSA) is 102 Å². The maximum Gasteiger partial charge on any atom is 0.308 e. The Balaban J connectivity index is 2.65. The number of ether oxygens (including phenoxy) is 1. The zero-order valence-electron chi connectivity index (χ0n) is 10.9. The molecule has 1 aliphatic rings. The molecule has 1 saturated heterocycles. The van der Waals surface area contributed by atoms with Gasteiger partial charge in [-0.15, -0.1) is 0 Å². The van der Waals surface area contributed by atoms with Gasteiger partial charge in [-0.3, -0.25) is 9.59 Å². The van der Waals surface area contributed by atoms with Crippen molar-refractivity contribution >= 4 is 11.9 Å². The zero-order valence-corrected chi connectivity index (χ0v) is 10.9. The van der Waals surface area contributed by atoms with Crippen molar-refractivity contribution in [1.82, 2.24) is 5.32 Å². The third-order valence-electron chi connectivity index (χ3n) is 3.82. The van der Waals surface area contributed by atoms with E-state index in [0.717, 1.165) is 0 Å². The molecule has 0 radical (unpaired) electrons. The van der Waals surface area contributed by atoms with Gasteiger partial charge in [0.25, 0.3) is 0 Å². The summed E-state index contributed by atoms with van der Waals surface area (Å²) in [5.41, 5.74) is 5.11. The summed E-state index contributed by atoms with van der Waals surface area (Å²) in [6.45, 7) is 4.57. The Morgan fingerprint density at radius 2 is 1.94 bits per heavy atom. The van der Waals surface area contributed by atoms with E-state index in [9.17, 15) is 9.59 Å². The van der Waals surface area contributed by atoms with Gasteiger partial charge in [-0.2, -0.15) is 0 Å². The van der Waals surface area contributed by atoms with Crippen molar-refractivity contribution in [1.29, 1.82) is 0 Å². The Kier molecular flexibility index (Phi) is 5.10. The van der Waals surface area contributed by atoms with Crippen LogP contribution in [-0.2, 0) is 14.3 Å². The number of nitrogens with two attached hydrogens (primary N) is 1. The quantitative estimate of drug-likeness (QED) is 0.642. The fourth-order valence-corrected chi connectivity index (χ4v) is 1.98.